The first-order valence-electron chi connectivity index (χ1n) is 8.66. The van der Waals surface area contributed by atoms with Gasteiger partial charge in [0.15, 0.2) is 0 Å². The second kappa shape index (κ2) is 10.9. The fourth-order valence-corrected chi connectivity index (χ4v) is 2.06. The lowest BCUT2D eigenvalue weighted by Gasteiger charge is -2.04. The average Bonchev–Trinajstić information content (AvgIpc) is 2.75. The van der Waals surface area contributed by atoms with Crippen LogP contribution in [-0.4, -0.2) is 40.9 Å². The maximum atomic E-state index is 12.4. The summed E-state index contributed by atoms with van der Waals surface area (Å²) in [5, 5.41) is 30.1. The molecule has 10 nitrogen and oxygen atoms in total. The number of ether oxygens (including phenoxy) is 1. The number of hydrazone groups is 1. The van der Waals surface area contributed by atoms with Gasteiger partial charge in [-0.05, 0) is 30.7 Å². The van der Waals surface area contributed by atoms with E-state index in [0.29, 0.717) is 5.56 Å². The molecule has 0 fully saturated rings. The maximum Gasteiger partial charge on any atom is 0.376 e. The van der Waals surface area contributed by atoms with Gasteiger partial charge in [0.1, 0.15) is 0 Å². The molecule has 0 spiro atoms. The second-order valence-corrected chi connectivity index (χ2v) is 5.58. The summed E-state index contributed by atoms with van der Waals surface area (Å²) in [6, 6.07) is 14.3. The fourth-order valence-electron chi connectivity index (χ4n) is 2.06. The zero-order valence-corrected chi connectivity index (χ0v) is 15.8. The van der Waals surface area contributed by atoms with Gasteiger partial charge in [-0.3, -0.25) is 4.79 Å². The van der Waals surface area contributed by atoms with Gasteiger partial charge >= 0.3 is 11.9 Å². The van der Waals surface area contributed by atoms with Gasteiger partial charge in [-0.1, -0.05) is 36.4 Å². The molecule has 2 aromatic rings. The van der Waals surface area contributed by atoms with Gasteiger partial charge in [0.2, 0.25) is 11.5 Å². The van der Waals surface area contributed by atoms with Crippen molar-refractivity contribution in [3.63, 3.8) is 0 Å². The molecular weight excluding hydrogens is 392 g/mol. The smallest absolute Gasteiger partial charge is 0.376 e. The Bertz CT molecular complexity index is 1010. The fraction of sp³-hybridized carbons (Fsp3) is 0.100. The van der Waals surface area contributed by atoms with Crippen molar-refractivity contribution in [2.24, 2.45) is 15.3 Å². The number of nitrogens with zero attached hydrogens (tertiary/aromatic N) is 3. The summed E-state index contributed by atoms with van der Waals surface area (Å²) < 4.78 is 4.67. The van der Waals surface area contributed by atoms with E-state index in [1.54, 1.807) is 24.3 Å². The Labute approximate surface area is 171 Å². The zero-order valence-electron chi connectivity index (χ0n) is 15.8. The van der Waals surface area contributed by atoms with Crippen LogP contribution in [0.4, 0.5) is 5.69 Å². The molecule has 2 aromatic carbocycles. The minimum Gasteiger partial charge on any atom is -0.500 e. The number of carboxylic acids is 1. The van der Waals surface area contributed by atoms with Crippen LogP contribution in [0.15, 0.2) is 81.4 Å². The predicted molar refractivity (Wildman–Crippen MR) is 106 cm³/mol. The van der Waals surface area contributed by atoms with Crippen LogP contribution in [0, 0.1) is 0 Å². The normalized spacial score (nSPS) is 11.9. The van der Waals surface area contributed by atoms with Gasteiger partial charge in [0.25, 0.3) is 5.91 Å². The van der Waals surface area contributed by atoms with E-state index in [4.69, 9.17) is 5.11 Å². The molecule has 0 aromatic heterocycles. The maximum absolute atomic E-state index is 12.4. The third kappa shape index (κ3) is 6.37. The van der Waals surface area contributed by atoms with E-state index in [0.717, 1.165) is 0 Å². The molecule has 0 aliphatic heterocycles. The number of amides is 1. The Balaban J connectivity index is 2.28. The molecule has 0 saturated heterocycles. The lowest BCUT2D eigenvalue weighted by molar-refractivity contribution is -0.142. The molecule has 10 heteroatoms. The summed E-state index contributed by atoms with van der Waals surface area (Å²) >= 11 is 0. The Morgan fingerprint density at radius 3 is 2.47 bits per heavy atom. The third-order valence-corrected chi connectivity index (χ3v) is 3.45. The number of benzene rings is 2. The number of carboxylic acid groups (broad SMARTS) is 1. The van der Waals surface area contributed by atoms with Gasteiger partial charge in [-0.15, -0.1) is 5.11 Å². The highest BCUT2D eigenvalue weighted by Crippen LogP contribution is 2.17. The summed E-state index contributed by atoms with van der Waals surface area (Å²) in [5.41, 5.74) is 2.12. The Morgan fingerprint density at radius 1 is 1.07 bits per heavy atom. The summed E-state index contributed by atoms with van der Waals surface area (Å²) in [6.07, 6.45) is 1.35. The number of rotatable bonds is 8. The van der Waals surface area contributed by atoms with Crippen molar-refractivity contribution in [3.8, 4) is 0 Å². The molecular formula is C20H18N4O6. The highest BCUT2D eigenvalue weighted by atomic mass is 16.5. The number of esters is 1. The summed E-state index contributed by atoms with van der Waals surface area (Å²) in [7, 11) is 0. The number of hydrogen-bond acceptors (Lipinski definition) is 8. The molecule has 0 aliphatic rings. The summed E-state index contributed by atoms with van der Waals surface area (Å²) in [5.74, 6) is -4.44. The van der Waals surface area contributed by atoms with Gasteiger partial charge in [0.05, 0.1) is 24.1 Å². The van der Waals surface area contributed by atoms with E-state index in [2.05, 4.69) is 25.5 Å². The van der Waals surface area contributed by atoms with Gasteiger partial charge in [-0.2, -0.15) is 10.2 Å². The largest absolute Gasteiger partial charge is 0.500 e. The number of nitrogens with one attached hydrogen (secondary N) is 1. The molecule has 0 saturated carbocycles. The Kier molecular flexibility index (Phi) is 7.94. The first-order valence-corrected chi connectivity index (χ1v) is 8.66. The van der Waals surface area contributed by atoms with E-state index in [1.807, 2.05) is 6.07 Å². The second-order valence-electron chi connectivity index (χ2n) is 5.58. The highest BCUT2D eigenvalue weighted by molar-refractivity contribution is 6.01. The lowest BCUT2D eigenvalue weighted by Crippen LogP contribution is -2.22. The average molecular weight is 410 g/mol. The summed E-state index contributed by atoms with van der Waals surface area (Å²) in [4.78, 5) is 35.2. The molecule has 3 N–H and O–H groups in total. The molecule has 0 atom stereocenters. The topological polar surface area (TPSA) is 150 Å². The van der Waals surface area contributed by atoms with Crippen molar-refractivity contribution in [3.05, 3.63) is 77.2 Å². The molecule has 0 unspecified atom stereocenters. The van der Waals surface area contributed by atoms with Crippen LogP contribution in [0.2, 0.25) is 0 Å². The quantitative estimate of drug-likeness (QED) is 0.152. The molecule has 0 aliphatic carbocycles. The predicted octanol–water partition coefficient (Wildman–Crippen LogP) is 2.95. The Morgan fingerprint density at radius 2 is 1.80 bits per heavy atom. The van der Waals surface area contributed by atoms with Crippen molar-refractivity contribution in [2.45, 2.75) is 6.92 Å². The van der Waals surface area contributed by atoms with Gasteiger partial charge < -0.3 is 14.9 Å². The number of carbonyl (C=O) groups excluding carboxylic acids is 2. The zero-order chi connectivity index (χ0) is 21.9. The highest BCUT2D eigenvalue weighted by Gasteiger charge is 2.22. The minimum absolute atomic E-state index is 0.0399. The van der Waals surface area contributed by atoms with E-state index >= 15 is 0 Å². The van der Waals surface area contributed by atoms with E-state index < -0.39 is 29.3 Å². The van der Waals surface area contributed by atoms with Crippen molar-refractivity contribution >= 4 is 29.7 Å². The van der Waals surface area contributed by atoms with Crippen LogP contribution < -0.4 is 5.43 Å². The number of aromatic carboxylic acids is 1. The van der Waals surface area contributed by atoms with Crippen molar-refractivity contribution in [1.29, 1.82) is 0 Å². The van der Waals surface area contributed by atoms with Crippen LogP contribution in [-0.2, 0) is 14.3 Å². The van der Waals surface area contributed by atoms with E-state index in [-0.39, 0.29) is 17.9 Å². The first kappa shape index (κ1) is 22.0. The molecule has 0 radical (unpaired) electrons. The molecule has 0 bridgehead atoms. The van der Waals surface area contributed by atoms with Crippen LogP contribution in [0.3, 0.4) is 0 Å². The van der Waals surface area contributed by atoms with Crippen molar-refractivity contribution in [2.75, 3.05) is 6.61 Å². The number of hydrogen-bond donors (Lipinski definition) is 3. The molecule has 0 heterocycles. The lowest BCUT2D eigenvalue weighted by atomic mass is 10.2. The third-order valence-electron chi connectivity index (χ3n) is 3.45. The van der Waals surface area contributed by atoms with Gasteiger partial charge in [0, 0.05) is 0 Å². The van der Waals surface area contributed by atoms with Crippen LogP contribution >= 0.6 is 0 Å². The summed E-state index contributed by atoms with van der Waals surface area (Å²) in [6.45, 7) is 1.48. The molecule has 2 rings (SSSR count). The van der Waals surface area contributed by atoms with Crippen LogP contribution in [0.25, 0.3) is 0 Å². The molecule has 1 amide bonds. The van der Waals surface area contributed by atoms with Crippen LogP contribution in [0.5, 0.6) is 0 Å². The van der Waals surface area contributed by atoms with E-state index in [9.17, 15) is 19.5 Å². The number of azo groups is 1. The van der Waals surface area contributed by atoms with Crippen molar-refractivity contribution < 1.29 is 29.3 Å². The van der Waals surface area contributed by atoms with Gasteiger partial charge in [-0.25, -0.2) is 15.0 Å². The number of aliphatic hydroxyl groups is 1. The first-order chi connectivity index (χ1) is 14.4. The standard InChI is InChI=1S/C20H18N4O6/c1-2-30-20(29)17(25)16(18(26)24-21-12-13-7-4-3-5-8-13)23-22-15-10-6-9-14(11-15)19(27)28/h3-12,25H,2H2,1H3,(H,24,26)(H,27,28)/b17-16-,21-12+,23-22?. The van der Waals surface area contributed by atoms with Crippen LogP contribution in [0.1, 0.15) is 22.8 Å². The number of aliphatic hydroxyl groups excluding tert-OH is 1. The van der Waals surface area contributed by atoms with E-state index in [1.165, 1.54) is 37.4 Å². The minimum atomic E-state index is -1.18. The monoisotopic (exact) mass is 410 g/mol. The number of carbonyl (C=O) groups is 3. The van der Waals surface area contributed by atoms with Crippen molar-refractivity contribution in [1.82, 2.24) is 5.43 Å². The SMILES string of the molecule is CCOC(=O)/C(O)=C(/N=Nc1cccc(C(=O)O)c1)C(=O)N/N=C/c1ccccc1. The molecule has 30 heavy (non-hydrogen) atoms. The molecule has 154 valence electrons. The Hall–Kier alpha value is -4.34.